The van der Waals surface area contributed by atoms with Gasteiger partial charge in [0, 0.05) is 38.3 Å². The molecule has 1 fully saturated rings. The Morgan fingerprint density at radius 1 is 1.27 bits per heavy atom. The standard InChI is InChI=1S/C14H20F3N5O3S/c15-14(16,17)11-1-2-12(21-9-11)19-5-6-20-13(23)10-3-7-22(8-4-10)26(18,24)25/h1-2,9-10H,3-8H2,(H,19,21)(H,20,23)(H2,18,24,25). The minimum absolute atomic E-state index is 0.193. The number of aromatic nitrogens is 1. The first-order chi connectivity index (χ1) is 12.1. The van der Waals surface area contributed by atoms with E-state index in [0.29, 0.717) is 19.4 Å². The average Bonchev–Trinajstić information content (AvgIpc) is 2.57. The molecule has 0 radical (unpaired) electrons. The molecule has 26 heavy (non-hydrogen) atoms. The molecule has 1 aliphatic rings. The molecule has 1 amide bonds. The number of anilines is 1. The molecule has 12 heteroatoms. The van der Waals surface area contributed by atoms with E-state index in [1.54, 1.807) is 0 Å². The van der Waals surface area contributed by atoms with Crippen molar-refractivity contribution in [3.05, 3.63) is 23.9 Å². The third-order valence-electron chi connectivity index (χ3n) is 4.01. The second-order valence-corrected chi connectivity index (χ2v) is 7.41. The number of hydrogen-bond donors (Lipinski definition) is 3. The van der Waals surface area contributed by atoms with Gasteiger partial charge in [0.1, 0.15) is 5.82 Å². The summed E-state index contributed by atoms with van der Waals surface area (Å²) in [6, 6.07) is 2.14. The van der Waals surface area contributed by atoms with Gasteiger partial charge in [0.2, 0.25) is 5.91 Å². The SMILES string of the molecule is NS(=O)(=O)N1CCC(C(=O)NCCNc2ccc(C(F)(F)F)cn2)CC1. The van der Waals surface area contributed by atoms with Crippen LogP contribution in [0, 0.1) is 5.92 Å². The number of piperidine rings is 1. The van der Waals surface area contributed by atoms with Crippen LogP contribution in [0.15, 0.2) is 18.3 Å². The molecular weight excluding hydrogens is 375 g/mol. The molecule has 0 unspecified atom stereocenters. The largest absolute Gasteiger partial charge is 0.417 e. The van der Waals surface area contributed by atoms with Crippen molar-refractivity contribution >= 4 is 21.9 Å². The van der Waals surface area contributed by atoms with Gasteiger partial charge in [0.15, 0.2) is 0 Å². The molecular formula is C14H20F3N5O3S. The maximum Gasteiger partial charge on any atom is 0.417 e. The Morgan fingerprint density at radius 2 is 1.92 bits per heavy atom. The monoisotopic (exact) mass is 395 g/mol. The Hall–Kier alpha value is -1.92. The van der Waals surface area contributed by atoms with E-state index in [1.165, 1.54) is 6.07 Å². The fourth-order valence-electron chi connectivity index (χ4n) is 2.56. The van der Waals surface area contributed by atoms with Gasteiger partial charge in [-0.15, -0.1) is 0 Å². The molecule has 2 rings (SSSR count). The number of nitrogens with one attached hydrogen (secondary N) is 2. The highest BCUT2D eigenvalue weighted by Crippen LogP contribution is 2.28. The van der Waals surface area contributed by atoms with E-state index >= 15 is 0 Å². The molecule has 4 N–H and O–H groups in total. The van der Waals surface area contributed by atoms with Crippen LogP contribution in [-0.4, -0.2) is 49.8 Å². The van der Waals surface area contributed by atoms with Gasteiger partial charge in [-0.3, -0.25) is 4.79 Å². The highest BCUT2D eigenvalue weighted by molar-refractivity contribution is 7.86. The number of pyridine rings is 1. The van der Waals surface area contributed by atoms with Gasteiger partial charge in [-0.1, -0.05) is 0 Å². The number of alkyl halides is 3. The summed E-state index contributed by atoms with van der Waals surface area (Å²) < 4.78 is 60.8. The summed E-state index contributed by atoms with van der Waals surface area (Å²) in [6.07, 6.45) is -2.93. The molecule has 1 saturated heterocycles. The van der Waals surface area contributed by atoms with Crippen LogP contribution in [-0.2, 0) is 21.2 Å². The van der Waals surface area contributed by atoms with Gasteiger partial charge in [-0.25, -0.2) is 10.1 Å². The lowest BCUT2D eigenvalue weighted by atomic mass is 9.97. The summed E-state index contributed by atoms with van der Waals surface area (Å²) in [6.45, 7) is 0.951. The zero-order chi connectivity index (χ0) is 19.4. The van der Waals surface area contributed by atoms with Gasteiger partial charge >= 0.3 is 6.18 Å². The summed E-state index contributed by atoms with van der Waals surface area (Å²) in [7, 11) is -3.72. The minimum Gasteiger partial charge on any atom is -0.368 e. The number of halogens is 3. The van der Waals surface area contributed by atoms with E-state index in [4.69, 9.17) is 5.14 Å². The molecule has 0 aromatic carbocycles. The number of rotatable bonds is 6. The van der Waals surface area contributed by atoms with Crippen molar-refractivity contribution in [2.45, 2.75) is 19.0 Å². The predicted octanol–water partition coefficient (Wildman–Crippen LogP) is 0.544. The first-order valence-corrected chi connectivity index (χ1v) is 9.40. The number of nitrogens with two attached hydrogens (primary N) is 1. The van der Waals surface area contributed by atoms with Crippen molar-refractivity contribution in [3.8, 4) is 0 Å². The third kappa shape index (κ3) is 5.81. The maximum absolute atomic E-state index is 12.4. The quantitative estimate of drug-likeness (QED) is 0.608. The molecule has 0 atom stereocenters. The molecule has 1 aromatic rings. The Balaban J connectivity index is 1.69. The topological polar surface area (TPSA) is 117 Å². The van der Waals surface area contributed by atoms with Crippen LogP contribution in [0.1, 0.15) is 18.4 Å². The van der Waals surface area contributed by atoms with Crippen molar-refractivity contribution in [1.29, 1.82) is 0 Å². The summed E-state index contributed by atoms with van der Waals surface area (Å²) in [5.74, 6) is -0.216. The van der Waals surface area contributed by atoms with Crippen LogP contribution in [0.3, 0.4) is 0 Å². The summed E-state index contributed by atoms with van der Waals surface area (Å²) in [4.78, 5) is 15.7. The van der Waals surface area contributed by atoms with E-state index in [2.05, 4.69) is 15.6 Å². The van der Waals surface area contributed by atoms with Gasteiger partial charge < -0.3 is 10.6 Å². The zero-order valence-corrected chi connectivity index (χ0v) is 14.6. The van der Waals surface area contributed by atoms with Crippen LogP contribution < -0.4 is 15.8 Å². The predicted molar refractivity (Wildman–Crippen MR) is 88.1 cm³/mol. The Morgan fingerprint density at radius 3 is 2.42 bits per heavy atom. The molecule has 0 bridgehead atoms. The normalized spacial score (nSPS) is 17.1. The van der Waals surface area contributed by atoms with Gasteiger partial charge in [-0.05, 0) is 25.0 Å². The van der Waals surface area contributed by atoms with Crippen LogP contribution in [0.4, 0.5) is 19.0 Å². The van der Waals surface area contributed by atoms with Crippen LogP contribution in [0.2, 0.25) is 0 Å². The molecule has 2 heterocycles. The molecule has 0 spiro atoms. The minimum atomic E-state index is -4.43. The van der Waals surface area contributed by atoms with E-state index < -0.39 is 21.9 Å². The summed E-state index contributed by atoms with van der Waals surface area (Å²) >= 11 is 0. The van der Waals surface area contributed by atoms with Gasteiger partial charge in [0.25, 0.3) is 10.2 Å². The lowest BCUT2D eigenvalue weighted by molar-refractivity contribution is -0.137. The van der Waals surface area contributed by atoms with E-state index in [9.17, 15) is 26.4 Å². The molecule has 0 aliphatic carbocycles. The van der Waals surface area contributed by atoms with Crippen LogP contribution >= 0.6 is 0 Å². The molecule has 1 aliphatic heterocycles. The average molecular weight is 395 g/mol. The fraction of sp³-hybridized carbons (Fsp3) is 0.571. The second kappa shape index (κ2) is 8.18. The van der Waals surface area contributed by atoms with Crippen molar-refractivity contribution < 1.29 is 26.4 Å². The number of amides is 1. The highest BCUT2D eigenvalue weighted by Gasteiger charge is 2.31. The fourth-order valence-corrected chi connectivity index (χ4v) is 3.28. The maximum atomic E-state index is 12.4. The smallest absolute Gasteiger partial charge is 0.368 e. The first-order valence-electron chi connectivity index (χ1n) is 7.90. The third-order valence-corrected chi connectivity index (χ3v) is 5.09. The summed E-state index contributed by atoms with van der Waals surface area (Å²) in [5.41, 5.74) is -0.831. The molecule has 146 valence electrons. The molecule has 8 nitrogen and oxygen atoms in total. The second-order valence-electron chi connectivity index (χ2n) is 5.87. The van der Waals surface area contributed by atoms with E-state index in [1.807, 2.05) is 0 Å². The number of hydrogen-bond acceptors (Lipinski definition) is 5. The number of nitrogens with zero attached hydrogens (tertiary/aromatic N) is 2. The van der Waals surface area contributed by atoms with Crippen LogP contribution in [0.5, 0.6) is 0 Å². The van der Waals surface area contributed by atoms with Crippen molar-refractivity contribution in [2.24, 2.45) is 11.1 Å². The van der Waals surface area contributed by atoms with E-state index in [0.717, 1.165) is 16.6 Å². The number of carbonyl (C=O) groups is 1. The van der Waals surface area contributed by atoms with Gasteiger partial charge in [-0.2, -0.15) is 25.9 Å². The van der Waals surface area contributed by atoms with Crippen molar-refractivity contribution in [3.63, 3.8) is 0 Å². The Kier molecular flexibility index (Phi) is 6.42. The van der Waals surface area contributed by atoms with Gasteiger partial charge in [0.05, 0.1) is 5.56 Å². The Bertz CT molecular complexity index is 716. The number of carbonyl (C=O) groups excluding carboxylic acids is 1. The first kappa shape index (κ1) is 20.4. The zero-order valence-electron chi connectivity index (χ0n) is 13.8. The van der Waals surface area contributed by atoms with Crippen LogP contribution in [0.25, 0.3) is 0 Å². The van der Waals surface area contributed by atoms with Crippen molar-refractivity contribution in [1.82, 2.24) is 14.6 Å². The molecule has 1 aromatic heterocycles. The molecule has 0 saturated carbocycles. The lowest BCUT2D eigenvalue weighted by Crippen LogP contribution is -2.45. The van der Waals surface area contributed by atoms with Crippen molar-refractivity contribution in [2.75, 3.05) is 31.5 Å². The summed E-state index contributed by atoms with van der Waals surface area (Å²) in [5, 5.41) is 10.6. The Labute approximate surface area is 149 Å². The van der Waals surface area contributed by atoms with E-state index in [-0.39, 0.29) is 37.3 Å². The lowest BCUT2D eigenvalue weighted by Gasteiger charge is -2.29. The highest BCUT2D eigenvalue weighted by atomic mass is 32.2.